The van der Waals surface area contributed by atoms with Crippen molar-refractivity contribution in [3.63, 3.8) is 0 Å². The quantitative estimate of drug-likeness (QED) is 0.505. The molecule has 0 aliphatic heterocycles. The van der Waals surface area contributed by atoms with E-state index in [1.165, 1.54) is 24.8 Å². The highest BCUT2D eigenvalue weighted by molar-refractivity contribution is 9.09. The Morgan fingerprint density at radius 1 is 1.18 bits per heavy atom. The van der Waals surface area contributed by atoms with Gasteiger partial charge < -0.3 is 4.74 Å². The highest BCUT2D eigenvalue weighted by Crippen LogP contribution is 2.35. The van der Waals surface area contributed by atoms with Gasteiger partial charge in [-0.1, -0.05) is 59.6 Å². The Bertz CT molecular complexity index is 293. The molecule has 1 aromatic carbocycles. The summed E-state index contributed by atoms with van der Waals surface area (Å²) in [6, 6.07) is 10.9. The number of hydrogen-bond donors (Lipinski definition) is 0. The molecule has 0 saturated carbocycles. The van der Waals surface area contributed by atoms with Gasteiger partial charge >= 0.3 is 0 Å². The fraction of sp³-hybridized carbons (Fsp3) is 0.600. The molecular weight excluding hydrogens is 276 g/mol. The van der Waals surface area contributed by atoms with E-state index in [1.54, 1.807) is 7.11 Å². The Balaban J connectivity index is 2.68. The van der Waals surface area contributed by atoms with Crippen LogP contribution in [-0.4, -0.2) is 19.0 Å². The summed E-state index contributed by atoms with van der Waals surface area (Å²) in [4.78, 5) is 0. The first kappa shape index (κ1) is 14.7. The van der Waals surface area contributed by atoms with E-state index >= 15 is 0 Å². The van der Waals surface area contributed by atoms with Crippen LogP contribution < -0.4 is 0 Å². The SMILES string of the molecule is CCC(CBr)(CCCCOC)c1ccccc1. The third kappa shape index (κ3) is 4.11. The Kier molecular flexibility index (Phi) is 6.83. The predicted octanol–water partition coefficient (Wildman–Crippen LogP) is 4.55. The zero-order valence-corrected chi connectivity index (χ0v) is 12.5. The third-order valence-electron chi connectivity index (χ3n) is 3.57. The van der Waals surface area contributed by atoms with Crippen molar-refractivity contribution in [2.75, 3.05) is 19.0 Å². The molecule has 1 nitrogen and oxygen atoms in total. The van der Waals surface area contributed by atoms with Gasteiger partial charge in [0.15, 0.2) is 0 Å². The number of alkyl halides is 1. The molecule has 0 fully saturated rings. The molecule has 0 bridgehead atoms. The minimum atomic E-state index is 0.287. The van der Waals surface area contributed by atoms with Gasteiger partial charge in [-0.25, -0.2) is 0 Å². The Labute approximate surface area is 114 Å². The number of benzene rings is 1. The number of halogens is 1. The first-order valence-corrected chi connectivity index (χ1v) is 7.51. The lowest BCUT2D eigenvalue weighted by Crippen LogP contribution is -2.27. The van der Waals surface area contributed by atoms with Crippen molar-refractivity contribution in [3.05, 3.63) is 35.9 Å². The molecule has 0 heterocycles. The van der Waals surface area contributed by atoms with Crippen LogP contribution >= 0.6 is 15.9 Å². The van der Waals surface area contributed by atoms with Crippen LogP contribution in [0.3, 0.4) is 0 Å². The van der Waals surface area contributed by atoms with Crippen molar-refractivity contribution in [2.45, 2.75) is 38.0 Å². The van der Waals surface area contributed by atoms with E-state index in [2.05, 4.69) is 53.2 Å². The van der Waals surface area contributed by atoms with Crippen molar-refractivity contribution in [2.24, 2.45) is 0 Å². The molecule has 0 saturated heterocycles. The molecule has 1 unspecified atom stereocenters. The van der Waals surface area contributed by atoms with Gasteiger partial charge in [0.25, 0.3) is 0 Å². The largest absolute Gasteiger partial charge is 0.385 e. The van der Waals surface area contributed by atoms with Crippen LogP contribution in [-0.2, 0) is 10.2 Å². The highest BCUT2D eigenvalue weighted by Gasteiger charge is 2.28. The molecule has 1 aromatic rings. The van der Waals surface area contributed by atoms with Crippen LogP contribution in [0.1, 0.15) is 38.2 Å². The third-order valence-corrected chi connectivity index (χ3v) is 4.65. The van der Waals surface area contributed by atoms with E-state index in [-0.39, 0.29) is 5.41 Å². The van der Waals surface area contributed by atoms with Gasteiger partial charge in [-0.05, 0) is 24.8 Å². The summed E-state index contributed by atoms with van der Waals surface area (Å²) >= 11 is 3.71. The second-order valence-electron chi connectivity index (χ2n) is 4.58. The molecule has 2 heteroatoms. The standard InChI is InChI=1S/C15H23BrO/c1-3-15(13-16,11-7-8-12-17-2)14-9-5-4-6-10-14/h4-6,9-10H,3,7-8,11-13H2,1-2H3. The summed E-state index contributed by atoms with van der Waals surface area (Å²) < 4.78 is 5.12. The van der Waals surface area contributed by atoms with E-state index in [0.29, 0.717) is 0 Å². The van der Waals surface area contributed by atoms with E-state index in [0.717, 1.165) is 18.4 Å². The summed E-state index contributed by atoms with van der Waals surface area (Å²) in [6.07, 6.45) is 4.78. The molecule has 17 heavy (non-hydrogen) atoms. The van der Waals surface area contributed by atoms with Gasteiger partial charge in [0.1, 0.15) is 0 Å². The average Bonchev–Trinajstić information content (AvgIpc) is 2.41. The van der Waals surface area contributed by atoms with Crippen molar-refractivity contribution in [3.8, 4) is 0 Å². The lowest BCUT2D eigenvalue weighted by atomic mass is 9.76. The van der Waals surface area contributed by atoms with Crippen molar-refractivity contribution >= 4 is 15.9 Å². The minimum absolute atomic E-state index is 0.287. The number of hydrogen-bond acceptors (Lipinski definition) is 1. The maximum atomic E-state index is 5.12. The van der Waals surface area contributed by atoms with Gasteiger partial charge in [-0.3, -0.25) is 0 Å². The van der Waals surface area contributed by atoms with Crippen molar-refractivity contribution in [1.82, 2.24) is 0 Å². The summed E-state index contributed by atoms with van der Waals surface area (Å²) in [5.74, 6) is 0. The summed E-state index contributed by atoms with van der Waals surface area (Å²) in [5.41, 5.74) is 1.74. The van der Waals surface area contributed by atoms with E-state index < -0.39 is 0 Å². The van der Waals surface area contributed by atoms with Crippen molar-refractivity contribution < 1.29 is 4.74 Å². The fourth-order valence-corrected chi connectivity index (χ4v) is 3.27. The zero-order chi connectivity index (χ0) is 12.6. The average molecular weight is 299 g/mol. The van der Waals surface area contributed by atoms with E-state index in [1.807, 2.05) is 0 Å². The second kappa shape index (κ2) is 7.88. The molecular formula is C15H23BrO. The van der Waals surface area contributed by atoms with Gasteiger partial charge in [-0.2, -0.15) is 0 Å². The fourth-order valence-electron chi connectivity index (χ4n) is 2.27. The Hall–Kier alpha value is -0.340. The molecule has 0 aliphatic rings. The molecule has 0 N–H and O–H groups in total. The molecule has 0 aliphatic carbocycles. The Morgan fingerprint density at radius 3 is 2.41 bits per heavy atom. The van der Waals surface area contributed by atoms with E-state index in [4.69, 9.17) is 4.74 Å². The maximum Gasteiger partial charge on any atom is 0.0462 e. The van der Waals surface area contributed by atoms with Crippen LogP contribution in [0.15, 0.2) is 30.3 Å². The lowest BCUT2D eigenvalue weighted by molar-refractivity contribution is 0.189. The molecule has 1 rings (SSSR count). The summed E-state index contributed by atoms with van der Waals surface area (Å²) in [7, 11) is 1.77. The van der Waals surface area contributed by atoms with Crippen molar-refractivity contribution in [1.29, 1.82) is 0 Å². The number of unbranched alkanes of at least 4 members (excludes halogenated alkanes) is 1. The Morgan fingerprint density at radius 2 is 1.88 bits per heavy atom. The minimum Gasteiger partial charge on any atom is -0.385 e. The van der Waals surface area contributed by atoms with Gasteiger partial charge in [0, 0.05) is 24.5 Å². The summed E-state index contributed by atoms with van der Waals surface area (Å²) in [5, 5.41) is 1.04. The second-order valence-corrected chi connectivity index (χ2v) is 5.14. The molecule has 0 radical (unpaired) electrons. The van der Waals surface area contributed by atoms with Gasteiger partial charge in [0.05, 0.1) is 0 Å². The molecule has 1 atom stereocenters. The van der Waals surface area contributed by atoms with Crippen LogP contribution in [0.2, 0.25) is 0 Å². The molecule has 96 valence electrons. The van der Waals surface area contributed by atoms with Crippen LogP contribution in [0.25, 0.3) is 0 Å². The number of methoxy groups -OCH3 is 1. The zero-order valence-electron chi connectivity index (χ0n) is 10.9. The predicted molar refractivity (Wildman–Crippen MR) is 77.9 cm³/mol. The normalized spacial score (nSPS) is 14.5. The lowest BCUT2D eigenvalue weighted by Gasteiger charge is -2.31. The smallest absolute Gasteiger partial charge is 0.0462 e. The number of rotatable bonds is 8. The van der Waals surface area contributed by atoms with E-state index in [9.17, 15) is 0 Å². The topological polar surface area (TPSA) is 9.23 Å². The highest BCUT2D eigenvalue weighted by atomic mass is 79.9. The maximum absolute atomic E-state index is 5.12. The van der Waals surface area contributed by atoms with Gasteiger partial charge in [-0.15, -0.1) is 0 Å². The van der Waals surface area contributed by atoms with Gasteiger partial charge in [0.2, 0.25) is 0 Å². The summed E-state index contributed by atoms with van der Waals surface area (Å²) in [6.45, 7) is 3.15. The van der Waals surface area contributed by atoms with Crippen LogP contribution in [0.5, 0.6) is 0 Å². The van der Waals surface area contributed by atoms with Crippen LogP contribution in [0.4, 0.5) is 0 Å². The first-order chi connectivity index (χ1) is 8.29. The van der Waals surface area contributed by atoms with Crippen LogP contribution in [0, 0.1) is 0 Å². The number of ether oxygens (including phenoxy) is 1. The molecule has 0 spiro atoms. The molecule has 0 amide bonds. The monoisotopic (exact) mass is 298 g/mol. The molecule has 0 aromatic heterocycles. The first-order valence-electron chi connectivity index (χ1n) is 6.39.